The van der Waals surface area contributed by atoms with Crippen molar-refractivity contribution in [2.75, 3.05) is 16.8 Å². The first-order valence-corrected chi connectivity index (χ1v) is 20.3. The van der Waals surface area contributed by atoms with Crippen molar-refractivity contribution < 1.29 is 25.8 Å². The molecule has 4 aromatic carbocycles. The second-order valence-corrected chi connectivity index (χ2v) is 17.8. The molecule has 0 radical (unpaired) electrons. The van der Waals surface area contributed by atoms with Gasteiger partial charge in [-0.15, -0.1) is 47.0 Å². The van der Waals surface area contributed by atoms with Crippen LogP contribution in [0.1, 0.15) is 69.6 Å². The Hall–Kier alpha value is -4.93. The summed E-state index contributed by atoms with van der Waals surface area (Å²) >= 11 is 0. The number of hydrogen-bond donors (Lipinski definition) is 0. The number of hydrogen-bond acceptors (Lipinski definition) is 5. The molecule has 0 N–H and O–H groups in total. The molecule has 4 bridgehead atoms. The molecule has 6 nitrogen and oxygen atoms in total. The van der Waals surface area contributed by atoms with Crippen LogP contribution < -0.4 is 14.5 Å². The molecule has 0 amide bonds. The van der Waals surface area contributed by atoms with Crippen molar-refractivity contribution in [1.29, 1.82) is 0 Å². The number of para-hydroxylation sites is 3. The third-order valence-corrected chi connectivity index (χ3v) is 13.6. The average molecular weight is 928 g/mol. The zero-order valence-corrected chi connectivity index (χ0v) is 35.1. The Morgan fingerprint density at radius 2 is 1.42 bits per heavy atom. The molecular weight excluding hydrogens is 882 g/mol. The van der Waals surface area contributed by atoms with Crippen molar-refractivity contribution in [3.05, 3.63) is 151 Å². The zero-order chi connectivity index (χ0) is 37.8. The number of nitrogens with zero attached hydrogens (tertiary/aromatic N) is 5. The Bertz CT molecular complexity index is 2620. The number of anilines is 3. The maximum atomic E-state index is 6.78. The summed E-state index contributed by atoms with van der Waals surface area (Å²) in [5.74, 6) is 5.19. The fourth-order valence-corrected chi connectivity index (χ4v) is 11.4. The summed E-state index contributed by atoms with van der Waals surface area (Å²) in [6.45, 7) is 8.84. The first-order valence-electron chi connectivity index (χ1n) is 20.3. The fraction of sp³-hybridized carbons (Fsp3) is 0.300. The van der Waals surface area contributed by atoms with Crippen molar-refractivity contribution in [3.63, 3.8) is 0 Å². The molecule has 5 aliphatic rings. The van der Waals surface area contributed by atoms with E-state index in [0.29, 0.717) is 23.3 Å². The van der Waals surface area contributed by atoms with Gasteiger partial charge in [-0.25, -0.2) is 4.98 Å². The third-order valence-electron chi connectivity index (χ3n) is 13.6. The molecule has 0 atom stereocenters. The van der Waals surface area contributed by atoms with E-state index in [1.807, 2.05) is 24.7 Å². The summed E-state index contributed by atoms with van der Waals surface area (Å²) in [6, 6.07) is 42.3. The maximum absolute atomic E-state index is 6.78. The van der Waals surface area contributed by atoms with E-state index in [1.54, 1.807) is 0 Å². The van der Waals surface area contributed by atoms with Crippen LogP contribution in [0.5, 0.6) is 11.5 Å². The Balaban J connectivity index is 0.00000396. The Labute approximate surface area is 350 Å². The summed E-state index contributed by atoms with van der Waals surface area (Å²) in [4.78, 5) is 13.9. The largest absolute Gasteiger partial charge is 0.509 e. The van der Waals surface area contributed by atoms with Crippen LogP contribution in [0.25, 0.3) is 27.6 Å². The fourth-order valence-electron chi connectivity index (χ4n) is 11.4. The van der Waals surface area contributed by atoms with Gasteiger partial charge in [-0.2, -0.15) is 12.7 Å². The van der Waals surface area contributed by atoms with Gasteiger partial charge in [0.25, 0.3) is 0 Å². The predicted molar refractivity (Wildman–Crippen MR) is 225 cm³/mol. The first kappa shape index (κ1) is 36.4. The van der Waals surface area contributed by atoms with Crippen LogP contribution in [0.2, 0.25) is 0 Å². The quantitative estimate of drug-likeness (QED) is 0.156. The van der Waals surface area contributed by atoms with Gasteiger partial charge in [-0.1, -0.05) is 56.6 Å². The van der Waals surface area contributed by atoms with Gasteiger partial charge in [0.05, 0.1) is 0 Å². The van der Waals surface area contributed by atoms with E-state index in [4.69, 9.17) is 9.72 Å². The van der Waals surface area contributed by atoms with Crippen molar-refractivity contribution in [1.82, 2.24) is 14.5 Å². The normalized spacial score (nSPS) is 23.6. The molecular formula is C50H46N5OPt-3. The van der Waals surface area contributed by atoms with E-state index in [-0.39, 0.29) is 31.9 Å². The minimum atomic E-state index is -0.102. The summed E-state index contributed by atoms with van der Waals surface area (Å²) in [5.41, 5.74) is 9.10. The van der Waals surface area contributed by atoms with Crippen LogP contribution in [0, 0.1) is 42.5 Å². The molecule has 1 aliphatic heterocycles. The van der Waals surface area contributed by atoms with E-state index in [2.05, 4.69) is 157 Å². The summed E-state index contributed by atoms with van der Waals surface area (Å²) < 4.78 is 9.07. The standard InChI is InChI=1S/C50H46N5O.Pt/c1-49(2,3)36-26-39(54-31-53(4)45-11-7-8-12-46(45)54)29-41(27-36)56-40-13-14-43-42-9-5-6-10-44(42)55(47(43)30-40)48-28-35(17-20-52-48)50(34-15-18-51-19-16-34)37-22-32-21-33(24-37)25-38(50)23-32;/h5-20,26-28,31-33,37-38H,21-25H2,1-4H3;/q-3;. The zero-order valence-electron chi connectivity index (χ0n) is 32.9. The number of rotatable bonds is 6. The summed E-state index contributed by atoms with van der Waals surface area (Å²) in [6.07, 6.45) is 12.7. The predicted octanol–water partition coefficient (Wildman–Crippen LogP) is 11.7. The van der Waals surface area contributed by atoms with E-state index in [0.717, 1.165) is 51.1 Å². The van der Waals surface area contributed by atoms with Gasteiger partial charge in [0.2, 0.25) is 0 Å². The van der Waals surface area contributed by atoms with E-state index >= 15 is 0 Å². The molecule has 57 heavy (non-hydrogen) atoms. The van der Waals surface area contributed by atoms with Gasteiger partial charge in [-0.05, 0) is 127 Å². The van der Waals surface area contributed by atoms with E-state index < -0.39 is 0 Å². The van der Waals surface area contributed by atoms with Gasteiger partial charge in [-0.3, -0.25) is 4.98 Å². The van der Waals surface area contributed by atoms with Gasteiger partial charge >= 0.3 is 0 Å². The third kappa shape index (κ3) is 5.76. The maximum Gasteiger partial charge on any atom is 0.135 e. The number of aromatic nitrogens is 3. The smallest absolute Gasteiger partial charge is 0.135 e. The molecule has 12 rings (SSSR count). The molecule has 4 aliphatic carbocycles. The minimum absolute atomic E-state index is 0. The van der Waals surface area contributed by atoms with E-state index in [9.17, 15) is 0 Å². The van der Waals surface area contributed by atoms with Gasteiger partial charge in [0.1, 0.15) is 5.82 Å². The molecule has 7 aromatic rings. The molecule has 290 valence electrons. The molecule has 0 unspecified atom stereocenters. The van der Waals surface area contributed by atoms with Crippen molar-refractivity contribution in [2.45, 2.75) is 63.7 Å². The van der Waals surface area contributed by atoms with Crippen LogP contribution in [0.3, 0.4) is 0 Å². The van der Waals surface area contributed by atoms with Crippen LogP contribution in [0.4, 0.5) is 17.1 Å². The van der Waals surface area contributed by atoms with Crippen LogP contribution in [-0.4, -0.2) is 21.6 Å². The van der Waals surface area contributed by atoms with Crippen LogP contribution in [0.15, 0.2) is 116 Å². The molecule has 4 heterocycles. The molecule has 4 saturated carbocycles. The molecule has 0 spiro atoms. The molecule has 4 fully saturated rings. The summed E-state index contributed by atoms with van der Waals surface area (Å²) in [5, 5.41) is 2.30. The van der Waals surface area contributed by atoms with Crippen LogP contribution in [-0.2, 0) is 31.9 Å². The van der Waals surface area contributed by atoms with Gasteiger partial charge in [0.15, 0.2) is 0 Å². The minimum Gasteiger partial charge on any atom is -0.509 e. The van der Waals surface area contributed by atoms with E-state index in [1.165, 1.54) is 54.2 Å². The van der Waals surface area contributed by atoms with Gasteiger partial charge < -0.3 is 19.1 Å². The van der Waals surface area contributed by atoms with Crippen LogP contribution >= 0.6 is 0 Å². The van der Waals surface area contributed by atoms with Crippen molar-refractivity contribution in [2.24, 2.45) is 23.7 Å². The van der Waals surface area contributed by atoms with Gasteiger partial charge in [0, 0.05) is 73.5 Å². The number of fused-ring (bicyclic) bond motifs is 4. The Morgan fingerprint density at radius 1 is 0.719 bits per heavy atom. The number of ether oxygens (including phenoxy) is 1. The molecule has 7 heteroatoms. The van der Waals surface area contributed by atoms with Crippen molar-refractivity contribution >= 4 is 38.9 Å². The van der Waals surface area contributed by atoms with Crippen molar-refractivity contribution in [3.8, 4) is 17.3 Å². The SMILES string of the molecule is CN1[CH-]N(c2[c-]c(Oc3[c-]c4c(cc3)c3ccccc3n4-c3cc(C4(c5ccncc5)C5CC6CC(C5)CC4C6)ccn3)cc(C(C)(C)C)c2)c2ccccc21.[Pt]. The molecule has 3 aromatic heterocycles. The second kappa shape index (κ2) is 13.6. The second-order valence-electron chi connectivity index (χ2n) is 17.8. The summed E-state index contributed by atoms with van der Waals surface area (Å²) in [7, 11) is 2.08. The Kier molecular flexibility index (Phi) is 8.68. The monoisotopic (exact) mass is 927 g/mol. The first-order chi connectivity index (χ1) is 27.2. The topological polar surface area (TPSA) is 46.4 Å². The average Bonchev–Trinajstić information content (AvgIpc) is 3.72. The Morgan fingerprint density at radius 3 is 2.18 bits per heavy atom. The number of pyridine rings is 2. The number of benzene rings is 4. The molecule has 0 saturated heterocycles.